The number of aromatic carboxylic acids is 1. The summed E-state index contributed by atoms with van der Waals surface area (Å²) in [6.45, 7) is 8.54. The van der Waals surface area contributed by atoms with Crippen LogP contribution in [0.1, 0.15) is 29.3 Å². The average molecular weight is 469 g/mol. The van der Waals surface area contributed by atoms with Gasteiger partial charge >= 0.3 is 5.97 Å². The van der Waals surface area contributed by atoms with Gasteiger partial charge in [0.2, 0.25) is 6.79 Å². The third kappa shape index (κ3) is 6.39. The lowest BCUT2D eigenvalue weighted by atomic mass is 10.1. The maximum atomic E-state index is 11.4. The van der Waals surface area contributed by atoms with Gasteiger partial charge in [0, 0.05) is 58.2 Å². The summed E-state index contributed by atoms with van der Waals surface area (Å²) < 4.78 is 16.3. The first kappa shape index (κ1) is 23.8. The highest BCUT2D eigenvalue weighted by Crippen LogP contribution is 2.32. The standard InChI is InChI=1S/C25H32N4O5/c1-2-32-14-4-9-26-25(27-21-6-3-5-20(16-21)24(30)31)29-12-10-28(11-13-29)17-19-7-8-22-23(15-19)34-18-33-22/h3,5-8,15-16H,2,4,9-14,17-18H2,1H3,(H,26,27)(H,30,31). The van der Waals surface area contributed by atoms with Gasteiger partial charge < -0.3 is 29.5 Å². The van der Waals surface area contributed by atoms with Crippen molar-refractivity contribution >= 4 is 17.6 Å². The largest absolute Gasteiger partial charge is 0.478 e. The quantitative estimate of drug-likeness (QED) is 0.329. The molecule has 4 rings (SSSR count). The highest BCUT2D eigenvalue weighted by atomic mass is 16.7. The van der Waals surface area contributed by atoms with E-state index in [9.17, 15) is 9.90 Å². The van der Waals surface area contributed by atoms with Crippen molar-refractivity contribution in [3.05, 3.63) is 53.6 Å². The smallest absolute Gasteiger partial charge is 0.335 e. The summed E-state index contributed by atoms with van der Waals surface area (Å²) in [6.07, 6.45) is 0.832. The van der Waals surface area contributed by atoms with Crippen molar-refractivity contribution in [1.29, 1.82) is 0 Å². The molecule has 0 radical (unpaired) electrons. The summed E-state index contributed by atoms with van der Waals surface area (Å²) in [5.41, 5.74) is 2.16. The SMILES string of the molecule is CCOCCCN=C(Nc1cccc(C(=O)O)c1)N1CCN(Cc2ccc3c(c2)OCO3)CC1. The lowest BCUT2D eigenvalue weighted by Gasteiger charge is -2.36. The van der Waals surface area contributed by atoms with E-state index in [2.05, 4.69) is 27.2 Å². The number of fused-ring (bicyclic) bond motifs is 1. The van der Waals surface area contributed by atoms with Crippen LogP contribution in [0, 0.1) is 0 Å². The Balaban J connectivity index is 1.37. The van der Waals surface area contributed by atoms with E-state index in [1.54, 1.807) is 18.2 Å². The lowest BCUT2D eigenvalue weighted by Crippen LogP contribution is -2.50. The topological polar surface area (TPSA) is 95.9 Å². The summed E-state index contributed by atoms with van der Waals surface area (Å²) in [4.78, 5) is 20.8. The Morgan fingerprint density at radius 1 is 1.12 bits per heavy atom. The number of hydrogen-bond acceptors (Lipinski definition) is 6. The Morgan fingerprint density at radius 3 is 2.74 bits per heavy atom. The average Bonchev–Trinajstić information content (AvgIpc) is 3.32. The number of guanidine groups is 1. The van der Waals surface area contributed by atoms with Crippen molar-refractivity contribution in [3.8, 4) is 11.5 Å². The Morgan fingerprint density at radius 2 is 1.94 bits per heavy atom. The molecule has 1 saturated heterocycles. The number of aliphatic imine (C=N–C) groups is 1. The van der Waals surface area contributed by atoms with E-state index in [4.69, 9.17) is 19.2 Å². The summed E-state index contributed by atoms with van der Waals surface area (Å²) in [7, 11) is 0. The van der Waals surface area contributed by atoms with E-state index in [0.717, 1.165) is 56.6 Å². The third-order valence-corrected chi connectivity index (χ3v) is 5.79. The normalized spacial score (nSPS) is 16.0. The third-order valence-electron chi connectivity index (χ3n) is 5.79. The van der Waals surface area contributed by atoms with Gasteiger partial charge in [-0.1, -0.05) is 12.1 Å². The molecule has 0 bridgehead atoms. The Bertz CT molecular complexity index is 1000. The van der Waals surface area contributed by atoms with Crippen LogP contribution < -0.4 is 14.8 Å². The van der Waals surface area contributed by atoms with Crippen LogP contribution >= 0.6 is 0 Å². The van der Waals surface area contributed by atoms with Crippen LogP contribution in [0.4, 0.5) is 5.69 Å². The number of hydrogen-bond donors (Lipinski definition) is 2. The Hall–Kier alpha value is -3.30. The van der Waals surface area contributed by atoms with Crippen molar-refractivity contribution in [2.75, 3.05) is 58.0 Å². The fraction of sp³-hybridized carbons (Fsp3) is 0.440. The molecule has 34 heavy (non-hydrogen) atoms. The molecule has 182 valence electrons. The number of ether oxygens (including phenoxy) is 3. The van der Waals surface area contributed by atoms with Crippen molar-refractivity contribution in [2.24, 2.45) is 4.99 Å². The van der Waals surface area contributed by atoms with E-state index >= 15 is 0 Å². The van der Waals surface area contributed by atoms with Crippen molar-refractivity contribution < 1.29 is 24.1 Å². The van der Waals surface area contributed by atoms with Gasteiger partial charge in [0.1, 0.15) is 0 Å². The molecule has 2 aromatic carbocycles. The highest BCUT2D eigenvalue weighted by Gasteiger charge is 2.21. The van der Waals surface area contributed by atoms with Crippen LogP contribution in [0.25, 0.3) is 0 Å². The van der Waals surface area contributed by atoms with Crippen LogP contribution in [0.15, 0.2) is 47.5 Å². The zero-order valence-electron chi connectivity index (χ0n) is 19.5. The fourth-order valence-electron chi connectivity index (χ4n) is 3.99. The molecule has 0 atom stereocenters. The predicted octanol–water partition coefficient (Wildman–Crippen LogP) is 3.13. The molecule has 0 aliphatic carbocycles. The molecule has 2 N–H and O–H groups in total. The summed E-state index contributed by atoms with van der Waals surface area (Å²) in [5.74, 6) is 1.43. The van der Waals surface area contributed by atoms with Gasteiger partial charge in [0.05, 0.1) is 5.56 Å². The number of benzene rings is 2. The maximum absolute atomic E-state index is 11.4. The zero-order chi connectivity index (χ0) is 23.8. The van der Waals surface area contributed by atoms with Crippen LogP contribution in [-0.4, -0.2) is 79.6 Å². The summed E-state index contributed by atoms with van der Waals surface area (Å²) in [5, 5.41) is 12.7. The number of rotatable bonds is 9. The first-order valence-corrected chi connectivity index (χ1v) is 11.7. The van der Waals surface area contributed by atoms with E-state index in [1.807, 2.05) is 19.1 Å². The van der Waals surface area contributed by atoms with Gasteiger partial charge in [-0.25, -0.2) is 4.79 Å². The lowest BCUT2D eigenvalue weighted by molar-refractivity contribution is 0.0697. The molecule has 0 saturated carbocycles. The second kappa shape index (κ2) is 11.7. The molecule has 9 nitrogen and oxygen atoms in total. The fourth-order valence-corrected chi connectivity index (χ4v) is 3.99. The van der Waals surface area contributed by atoms with Gasteiger partial charge in [0.25, 0.3) is 0 Å². The first-order chi connectivity index (χ1) is 16.6. The molecule has 2 aromatic rings. The van der Waals surface area contributed by atoms with Gasteiger partial charge in [-0.15, -0.1) is 0 Å². The molecule has 0 amide bonds. The minimum Gasteiger partial charge on any atom is -0.478 e. The molecule has 2 aliphatic heterocycles. The molecule has 0 aromatic heterocycles. The van der Waals surface area contributed by atoms with Crippen molar-refractivity contribution in [2.45, 2.75) is 19.9 Å². The number of carboxylic acid groups (broad SMARTS) is 1. The number of anilines is 1. The molecule has 0 unspecified atom stereocenters. The number of carboxylic acids is 1. The van der Waals surface area contributed by atoms with Crippen LogP contribution in [-0.2, 0) is 11.3 Å². The maximum Gasteiger partial charge on any atom is 0.335 e. The highest BCUT2D eigenvalue weighted by molar-refractivity contribution is 5.95. The van der Waals surface area contributed by atoms with Gasteiger partial charge in [0.15, 0.2) is 17.5 Å². The number of nitrogens with one attached hydrogen (secondary N) is 1. The second-order valence-corrected chi connectivity index (χ2v) is 8.22. The zero-order valence-corrected chi connectivity index (χ0v) is 19.5. The number of carbonyl (C=O) groups is 1. The minimum atomic E-state index is -0.948. The van der Waals surface area contributed by atoms with Gasteiger partial charge in [-0.05, 0) is 49.2 Å². The van der Waals surface area contributed by atoms with Crippen LogP contribution in [0.2, 0.25) is 0 Å². The van der Waals surface area contributed by atoms with Crippen molar-refractivity contribution in [1.82, 2.24) is 9.80 Å². The van der Waals surface area contributed by atoms with Crippen LogP contribution in [0.3, 0.4) is 0 Å². The molecular weight excluding hydrogens is 436 g/mol. The molecule has 9 heteroatoms. The Labute approximate surface area is 199 Å². The molecule has 2 heterocycles. The van der Waals surface area contributed by atoms with Gasteiger partial charge in [-0.3, -0.25) is 9.89 Å². The molecule has 2 aliphatic rings. The van der Waals surface area contributed by atoms with Crippen molar-refractivity contribution in [3.63, 3.8) is 0 Å². The summed E-state index contributed by atoms with van der Waals surface area (Å²) in [6, 6.07) is 12.9. The number of piperazine rings is 1. The molecular formula is C25H32N4O5. The molecule has 0 spiro atoms. The predicted molar refractivity (Wildman–Crippen MR) is 130 cm³/mol. The van der Waals surface area contributed by atoms with E-state index in [0.29, 0.717) is 25.4 Å². The van der Waals surface area contributed by atoms with Crippen LogP contribution in [0.5, 0.6) is 11.5 Å². The Kier molecular flexibility index (Phi) is 8.21. The van der Waals surface area contributed by atoms with E-state index < -0.39 is 5.97 Å². The monoisotopic (exact) mass is 468 g/mol. The molecule has 1 fully saturated rings. The minimum absolute atomic E-state index is 0.245. The first-order valence-electron chi connectivity index (χ1n) is 11.7. The van der Waals surface area contributed by atoms with E-state index in [1.165, 1.54) is 5.56 Å². The number of nitrogens with zero attached hydrogens (tertiary/aromatic N) is 3. The second-order valence-electron chi connectivity index (χ2n) is 8.22. The summed E-state index contributed by atoms with van der Waals surface area (Å²) >= 11 is 0. The van der Waals surface area contributed by atoms with Gasteiger partial charge in [-0.2, -0.15) is 0 Å². The van der Waals surface area contributed by atoms with E-state index in [-0.39, 0.29) is 12.4 Å².